The second-order valence-electron chi connectivity index (χ2n) is 4.93. The molecule has 3 heteroatoms. The SMILES string of the molecule is CC(NCC1CSc2ccccc21)c1ccccn1. The van der Waals surface area contributed by atoms with Gasteiger partial charge in [0.2, 0.25) is 0 Å². The van der Waals surface area contributed by atoms with Gasteiger partial charge in [-0.1, -0.05) is 24.3 Å². The lowest BCUT2D eigenvalue weighted by atomic mass is 10.0. The van der Waals surface area contributed by atoms with Crippen LogP contribution in [-0.2, 0) is 0 Å². The van der Waals surface area contributed by atoms with Crippen LogP contribution in [0.4, 0.5) is 0 Å². The fraction of sp³-hybridized carbons (Fsp3) is 0.312. The summed E-state index contributed by atoms with van der Waals surface area (Å²) < 4.78 is 0. The summed E-state index contributed by atoms with van der Waals surface area (Å²) in [6.45, 7) is 3.19. The van der Waals surface area contributed by atoms with Crippen LogP contribution in [0, 0.1) is 0 Å². The molecule has 0 fully saturated rings. The predicted molar refractivity (Wildman–Crippen MR) is 80.6 cm³/mol. The fourth-order valence-corrected chi connectivity index (χ4v) is 3.71. The summed E-state index contributed by atoms with van der Waals surface area (Å²) in [7, 11) is 0. The summed E-state index contributed by atoms with van der Waals surface area (Å²) in [6, 6.07) is 15.1. The molecular formula is C16H18N2S. The molecule has 2 nitrogen and oxygen atoms in total. The van der Waals surface area contributed by atoms with Crippen LogP contribution in [-0.4, -0.2) is 17.3 Å². The van der Waals surface area contributed by atoms with Gasteiger partial charge < -0.3 is 5.32 Å². The number of aromatic nitrogens is 1. The highest BCUT2D eigenvalue weighted by Gasteiger charge is 2.22. The number of hydrogen-bond donors (Lipinski definition) is 1. The van der Waals surface area contributed by atoms with Gasteiger partial charge >= 0.3 is 0 Å². The average Bonchev–Trinajstić information content (AvgIpc) is 2.89. The first-order chi connectivity index (χ1) is 9.34. The van der Waals surface area contributed by atoms with E-state index in [0.717, 1.165) is 12.2 Å². The van der Waals surface area contributed by atoms with Gasteiger partial charge in [-0.25, -0.2) is 0 Å². The Hall–Kier alpha value is -1.32. The Kier molecular flexibility index (Phi) is 3.85. The summed E-state index contributed by atoms with van der Waals surface area (Å²) >= 11 is 1.97. The number of fused-ring (bicyclic) bond motifs is 1. The number of nitrogens with zero attached hydrogens (tertiary/aromatic N) is 1. The zero-order chi connectivity index (χ0) is 13.1. The Labute approximate surface area is 118 Å². The van der Waals surface area contributed by atoms with Gasteiger partial charge in [0.05, 0.1) is 5.69 Å². The van der Waals surface area contributed by atoms with E-state index in [0.29, 0.717) is 12.0 Å². The predicted octanol–water partition coefficient (Wildman–Crippen LogP) is 3.62. The van der Waals surface area contributed by atoms with Crippen molar-refractivity contribution in [3.8, 4) is 0 Å². The molecule has 0 saturated carbocycles. The molecule has 2 atom stereocenters. The number of thioether (sulfide) groups is 1. The van der Waals surface area contributed by atoms with Gasteiger partial charge in [-0.2, -0.15) is 0 Å². The van der Waals surface area contributed by atoms with Gasteiger partial charge in [0, 0.05) is 35.3 Å². The van der Waals surface area contributed by atoms with Crippen LogP contribution in [0.3, 0.4) is 0 Å². The highest BCUT2D eigenvalue weighted by atomic mass is 32.2. The second-order valence-corrected chi connectivity index (χ2v) is 5.99. The van der Waals surface area contributed by atoms with Crippen LogP contribution in [0.15, 0.2) is 53.6 Å². The molecule has 2 aromatic rings. The summed E-state index contributed by atoms with van der Waals surface area (Å²) in [5.74, 6) is 1.80. The van der Waals surface area contributed by atoms with Crippen LogP contribution in [0.2, 0.25) is 0 Å². The minimum Gasteiger partial charge on any atom is -0.308 e. The van der Waals surface area contributed by atoms with Crippen molar-refractivity contribution in [1.29, 1.82) is 0 Å². The lowest BCUT2D eigenvalue weighted by Gasteiger charge is -2.17. The lowest BCUT2D eigenvalue weighted by Crippen LogP contribution is -2.25. The molecule has 0 saturated heterocycles. The third-order valence-electron chi connectivity index (χ3n) is 3.60. The van der Waals surface area contributed by atoms with Crippen LogP contribution in [0.25, 0.3) is 0 Å². The van der Waals surface area contributed by atoms with Gasteiger partial charge in [-0.05, 0) is 30.7 Å². The molecule has 1 aliphatic heterocycles. The molecule has 2 heterocycles. The Morgan fingerprint density at radius 2 is 2.11 bits per heavy atom. The van der Waals surface area contributed by atoms with Gasteiger partial charge in [0.15, 0.2) is 0 Å². The van der Waals surface area contributed by atoms with Gasteiger partial charge in [-0.15, -0.1) is 11.8 Å². The molecule has 0 aliphatic carbocycles. The molecule has 1 aromatic carbocycles. The standard InChI is InChI=1S/C16H18N2S/c1-12(15-7-4-5-9-17-15)18-10-13-11-19-16-8-3-2-6-14(13)16/h2-9,12-13,18H,10-11H2,1H3. The molecule has 0 radical (unpaired) electrons. The number of pyridine rings is 1. The van der Waals surface area contributed by atoms with Crippen molar-refractivity contribution in [1.82, 2.24) is 10.3 Å². The molecule has 0 bridgehead atoms. The van der Waals surface area contributed by atoms with E-state index in [-0.39, 0.29) is 0 Å². The molecule has 19 heavy (non-hydrogen) atoms. The van der Waals surface area contributed by atoms with Crippen molar-refractivity contribution in [2.75, 3.05) is 12.3 Å². The maximum atomic E-state index is 4.40. The number of hydrogen-bond acceptors (Lipinski definition) is 3. The third-order valence-corrected chi connectivity index (χ3v) is 4.85. The molecule has 2 unspecified atom stereocenters. The second kappa shape index (κ2) is 5.76. The number of rotatable bonds is 4. The van der Waals surface area contributed by atoms with Gasteiger partial charge in [0.1, 0.15) is 0 Å². The van der Waals surface area contributed by atoms with E-state index in [4.69, 9.17) is 0 Å². The lowest BCUT2D eigenvalue weighted by molar-refractivity contribution is 0.531. The summed E-state index contributed by atoms with van der Waals surface area (Å²) in [5.41, 5.74) is 2.61. The fourth-order valence-electron chi connectivity index (χ4n) is 2.45. The van der Waals surface area contributed by atoms with Crippen LogP contribution < -0.4 is 5.32 Å². The summed E-state index contributed by atoms with van der Waals surface area (Å²) in [6.07, 6.45) is 1.86. The van der Waals surface area contributed by atoms with Crippen molar-refractivity contribution in [2.24, 2.45) is 0 Å². The van der Waals surface area contributed by atoms with Gasteiger partial charge in [0.25, 0.3) is 0 Å². The van der Waals surface area contributed by atoms with E-state index in [2.05, 4.69) is 47.6 Å². The molecule has 3 rings (SSSR count). The maximum Gasteiger partial charge on any atom is 0.0570 e. The van der Waals surface area contributed by atoms with Crippen molar-refractivity contribution in [2.45, 2.75) is 23.8 Å². The van der Waals surface area contributed by atoms with Crippen LogP contribution in [0.5, 0.6) is 0 Å². The molecule has 1 aliphatic rings. The Balaban J connectivity index is 1.62. The Bertz CT molecular complexity index is 541. The monoisotopic (exact) mass is 270 g/mol. The number of benzene rings is 1. The van der Waals surface area contributed by atoms with Crippen molar-refractivity contribution < 1.29 is 0 Å². The molecule has 1 N–H and O–H groups in total. The Morgan fingerprint density at radius 3 is 2.95 bits per heavy atom. The minimum atomic E-state index is 0.305. The van der Waals surface area contributed by atoms with Crippen LogP contribution >= 0.6 is 11.8 Å². The zero-order valence-corrected chi connectivity index (χ0v) is 11.9. The van der Waals surface area contributed by atoms with E-state index in [1.807, 2.05) is 30.1 Å². The largest absolute Gasteiger partial charge is 0.308 e. The first-order valence-electron chi connectivity index (χ1n) is 6.70. The quantitative estimate of drug-likeness (QED) is 0.918. The average molecular weight is 270 g/mol. The van der Waals surface area contributed by atoms with E-state index in [9.17, 15) is 0 Å². The highest BCUT2D eigenvalue weighted by molar-refractivity contribution is 7.99. The molecule has 0 spiro atoms. The first kappa shape index (κ1) is 12.7. The maximum absolute atomic E-state index is 4.40. The van der Waals surface area contributed by atoms with E-state index < -0.39 is 0 Å². The molecule has 1 aromatic heterocycles. The van der Waals surface area contributed by atoms with E-state index in [1.54, 1.807) is 0 Å². The van der Waals surface area contributed by atoms with Crippen molar-refractivity contribution in [3.05, 3.63) is 59.9 Å². The molecule has 98 valence electrons. The zero-order valence-electron chi connectivity index (χ0n) is 11.0. The minimum absolute atomic E-state index is 0.305. The smallest absolute Gasteiger partial charge is 0.0570 e. The first-order valence-corrected chi connectivity index (χ1v) is 7.69. The molecular weight excluding hydrogens is 252 g/mol. The van der Waals surface area contributed by atoms with Crippen molar-refractivity contribution in [3.63, 3.8) is 0 Å². The topological polar surface area (TPSA) is 24.9 Å². The van der Waals surface area contributed by atoms with Crippen LogP contribution in [0.1, 0.15) is 30.1 Å². The van der Waals surface area contributed by atoms with E-state index >= 15 is 0 Å². The number of nitrogens with one attached hydrogen (secondary N) is 1. The van der Waals surface area contributed by atoms with Crippen molar-refractivity contribution >= 4 is 11.8 Å². The van der Waals surface area contributed by atoms with E-state index in [1.165, 1.54) is 16.2 Å². The molecule has 0 amide bonds. The van der Waals surface area contributed by atoms with Gasteiger partial charge in [-0.3, -0.25) is 4.98 Å². The summed E-state index contributed by atoms with van der Waals surface area (Å²) in [4.78, 5) is 5.84. The highest BCUT2D eigenvalue weighted by Crippen LogP contribution is 2.38. The summed E-state index contributed by atoms with van der Waals surface area (Å²) in [5, 5.41) is 3.61. The normalized spacial score (nSPS) is 19.1. The Morgan fingerprint density at radius 1 is 1.26 bits per heavy atom. The third kappa shape index (κ3) is 2.82.